The van der Waals surface area contributed by atoms with E-state index in [0.29, 0.717) is 54.0 Å². The fourth-order valence-electron chi connectivity index (χ4n) is 4.57. The van der Waals surface area contributed by atoms with E-state index in [1.54, 1.807) is 29.2 Å². The Bertz CT molecular complexity index is 1230. The molecule has 2 aromatic rings. The SMILES string of the molecule is CC(C)(C)OC(=O)N1CCCN(c2ccc(Cl)cc2[N+](=O)[O-])CC1.O=[N+]([O-])c1cc(Cl)ccc1N1CCCNCC1. The van der Waals surface area contributed by atoms with Crippen molar-refractivity contribution in [3.8, 4) is 0 Å². The Kier molecular flexibility index (Phi) is 11.4. The van der Waals surface area contributed by atoms with Crippen LogP contribution in [0.3, 0.4) is 0 Å². The molecule has 2 fully saturated rings. The van der Waals surface area contributed by atoms with Crippen molar-refractivity contribution in [3.05, 3.63) is 66.7 Å². The molecule has 0 aromatic heterocycles. The fraction of sp³-hybridized carbons (Fsp3) is 0.519. The summed E-state index contributed by atoms with van der Waals surface area (Å²) >= 11 is 11.7. The summed E-state index contributed by atoms with van der Waals surface area (Å²) < 4.78 is 5.39. The standard InChI is InChI=1S/C16H22ClN3O4.C11H14ClN3O2/c1-16(2,3)24-15(21)19-8-4-7-18(9-10-19)13-6-5-12(17)11-14(13)20(22)23;12-9-2-3-10(11(8-9)15(16)17)14-6-1-4-13-5-7-14/h5-6,11H,4,7-10H2,1-3H3;2-3,8,13H,1,4-7H2. The van der Waals surface area contributed by atoms with Gasteiger partial charge in [0, 0.05) is 68.0 Å². The van der Waals surface area contributed by atoms with Gasteiger partial charge >= 0.3 is 6.09 Å². The van der Waals surface area contributed by atoms with Gasteiger partial charge in [0.15, 0.2) is 0 Å². The number of nitro groups is 2. The molecule has 224 valence electrons. The molecule has 4 rings (SSSR count). The van der Waals surface area contributed by atoms with Crippen molar-refractivity contribution >= 4 is 52.0 Å². The highest BCUT2D eigenvalue weighted by atomic mass is 35.5. The average Bonchev–Trinajstić information content (AvgIpc) is 3.32. The first-order chi connectivity index (χ1) is 19.4. The van der Waals surface area contributed by atoms with E-state index in [-0.39, 0.29) is 22.4 Å². The number of anilines is 2. The third-order valence-electron chi connectivity index (χ3n) is 6.44. The van der Waals surface area contributed by atoms with Crippen LogP contribution >= 0.6 is 23.2 Å². The zero-order valence-electron chi connectivity index (χ0n) is 23.5. The molecular formula is C27H36Cl2N6O6. The van der Waals surface area contributed by atoms with Crippen molar-refractivity contribution in [1.82, 2.24) is 10.2 Å². The molecule has 2 aliphatic heterocycles. The largest absolute Gasteiger partial charge is 0.444 e. The molecule has 0 spiro atoms. The summed E-state index contributed by atoms with van der Waals surface area (Å²) in [5, 5.41) is 26.3. The second kappa shape index (κ2) is 14.5. The zero-order chi connectivity index (χ0) is 30.2. The molecule has 0 radical (unpaired) electrons. The first kappa shape index (κ1) is 32.2. The van der Waals surface area contributed by atoms with Crippen molar-refractivity contribution in [3.63, 3.8) is 0 Å². The molecule has 14 heteroatoms. The maximum atomic E-state index is 12.2. The number of hydrogen-bond donors (Lipinski definition) is 1. The van der Waals surface area contributed by atoms with Crippen LogP contribution in [0.5, 0.6) is 0 Å². The number of amides is 1. The van der Waals surface area contributed by atoms with Gasteiger partial charge in [-0.1, -0.05) is 23.2 Å². The van der Waals surface area contributed by atoms with E-state index in [2.05, 4.69) is 5.32 Å². The minimum atomic E-state index is -0.544. The van der Waals surface area contributed by atoms with Gasteiger partial charge in [0.2, 0.25) is 0 Å². The number of carbonyl (C=O) groups is 1. The number of halogens is 2. The zero-order valence-corrected chi connectivity index (χ0v) is 25.0. The van der Waals surface area contributed by atoms with Crippen LogP contribution in [0, 0.1) is 20.2 Å². The first-order valence-corrected chi connectivity index (χ1v) is 14.2. The number of nitrogens with zero attached hydrogens (tertiary/aromatic N) is 5. The monoisotopic (exact) mass is 610 g/mol. The minimum absolute atomic E-state index is 0.0202. The smallest absolute Gasteiger partial charge is 0.410 e. The lowest BCUT2D eigenvalue weighted by atomic mass is 10.2. The van der Waals surface area contributed by atoms with Crippen LogP contribution in [0.15, 0.2) is 36.4 Å². The van der Waals surface area contributed by atoms with E-state index in [1.807, 2.05) is 30.6 Å². The Morgan fingerprint density at radius 2 is 1.34 bits per heavy atom. The lowest BCUT2D eigenvalue weighted by molar-refractivity contribution is -0.384. The third kappa shape index (κ3) is 9.61. The molecular weight excluding hydrogens is 575 g/mol. The highest BCUT2D eigenvalue weighted by Crippen LogP contribution is 2.32. The molecule has 0 bridgehead atoms. The Morgan fingerprint density at radius 1 is 0.805 bits per heavy atom. The summed E-state index contributed by atoms with van der Waals surface area (Å²) in [6.45, 7) is 11.0. The lowest BCUT2D eigenvalue weighted by Gasteiger charge is -2.26. The molecule has 0 aliphatic carbocycles. The second-order valence-electron chi connectivity index (χ2n) is 10.7. The molecule has 2 heterocycles. The number of hydrogen-bond acceptors (Lipinski definition) is 9. The van der Waals surface area contributed by atoms with Crippen LogP contribution < -0.4 is 15.1 Å². The normalized spacial score (nSPS) is 16.2. The molecule has 1 amide bonds. The van der Waals surface area contributed by atoms with Crippen molar-refractivity contribution in [1.29, 1.82) is 0 Å². The van der Waals surface area contributed by atoms with Gasteiger partial charge in [0.05, 0.1) is 9.85 Å². The number of benzene rings is 2. The van der Waals surface area contributed by atoms with Gasteiger partial charge in [0.1, 0.15) is 17.0 Å². The summed E-state index contributed by atoms with van der Waals surface area (Å²) in [5.74, 6) is 0. The molecule has 0 atom stereocenters. The van der Waals surface area contributed by atoms with E-state index in [1.165, 1.54) is 12.1 Å². The molecule has 2 saturated heterocycles. The van der Waals surface area contributed by atoms with Crippen molar-refractivity contribution in [2.45, 2.75) is 39.2 Å². The molecule has 0 unspecified atom stereocenters. The van der Waals surface area contributed by atoms with Crippen LogP contribution in [0.4, 0.5) is 27.5 Å². The van der Waals surface area contributed by atoms with E-state index < -0.39 is 10.5 Å². The number of carbonyl (C=O) groups excluding carboxylic acids is 1. The van der Waals surface area contributed by atoms with Gasteiger partial charge in [-0.25, -0.2) is 4.79 Å². The molecule has 12 nitrogen and oxygen atoms in total. The van der Waals surface area contributed by atoms with Crippen LogP contribution in [0.2, 0.25) is 10.0 Å². The summed E-state index contributed by atoms with van der Waals surface area (Å²) in [4.78, 5) is 39.3. The summed E-state index contributed by atoms with van der Waals surface area (Å²) in [5.41, 5.74) is 0.698. The summed E-state index contributed by atoms with van der Waals surface area (Å²) in [7, 11) is 0. The molecule has 0 saturated carbocycles. The van der Waals surface area contributed by atoms with E-state index >= 15 is 0 Å². The Balaban J connectivity index is 0.000000239. The summed E-state index contributed by atoms with van der Waals surface area (Å²) in [6.07, 6.45) is 1.34. The minimum Gasteiger partial charge on any atom is -0.444 e. The Labute approximate surface area is 249 Å². The van der Waals surface area contributed by atoms with E-state index in [4.69, 9.17) is 27.9 Å². The fourth-order valence-corrected chi connectivity index (χ4v) is 4.91. The van der Waals surface area contributed by atoms with Crippen molar-refractivity contribution in [2.75, 3.05) is 62.2 Å². The van der Waals surface area contributed by atoms with Gasteiger partial charge in [-0.15, -0.1) is 0 Å². The Morgan fingerprint density at radius 3 is 1.88 bits per heavy atom. The molecule has 41 heavy (non-hydrogen) atoms. The summed E-state index contributed by atoms with van der Waals surface area (Å²) in [6, 6.07) is 9.49. The van der Waals surface area contributed by atoms with Gasteiger partial charge in [-0.2, -0.15) is 0 Å². The topological polar surface area (TPSA) is 134 Å². The van der Waals surface area contributed by atoms with Crippen LogP contribution in [0.25, 0.3) is 0 Å². The molecule has 2 aliphatic rings. The second-order valence-corrected chi connectivity index (χ2v) is 11.6. The van der Waals surface area contributed by atoms with Crippen molar-refractivity contribution in [2.24, 2.45) is 0 Å². The highest BCUT2D eigenvalue weighted by molar-refractivity contribution is 6.31. The maximum absolute atomic E-state index is 12.2. The van der Waals surface area contributed by atoms with Gasteiger partial charge < -0.3 is 24.8 Å². The lowest BCUT2D eigenvalue weighted by Crippen LogP contribution is -2.39. The highest BCUT2D eigenvalue weighted by Gasteiger charge is 2.27. The number of rotatable bonds is 4. The van der Waals surface area contributed by atoms with E-state index in [0.717, 1.165) is 32.6 Å². The molecule has 1 N–H and O–H groups in total. The maximum Gasteiger partial charge on any atom is 0.410 e. The van der Waals surface area contributed by atoms with Gasteiger partial charge in [-0.3, -0.25) is 20.2 Å². The Hall–Kier alpha value is -3.35. The number of nitrogens with one attached hydrogen (secondary N) is 1. The van der Waals surface area contributed by atoms with Gasteiger partial charge in [-0.05, 0) is 64.4 Å². The number of nitro benzene ring substituents is 2. The third-order valence-corrected chi connectivity index (χ3v) is 6.91. The number of ether oxygens (including phenoxy) is 1. The average molecular weight is 612 g/mol. The van der Waals surface area contributed by atoms with Crippen molar-refractivity contribution < 1.29 is 19.4 Å². The van der Waals surface area contributed by atoms with Gasteiger partial charge in [0.25, 0.3) is 11.4 Å². The van der Waals surface area contributed by atoms with Crippen LogP contribution in [0.1, 0.15) is 33.6 Å². The first-order valence-electron chi connectivity index (χ1n) is 13.4. The van der Waals surface area contributed by atoms with Crippen LogP contribution in [-0.2, 0) is 4.74 Å². The predicted molar refractivity (Wildman–Crippen MR) is 161 cm³/mol. The predicted octanol–water partition coefficient (Wildman–Crippen LogP) is 5.74. The molecule has 2 aromatic carbocycles. The van der Waals surface area contributed by atoms with E-state index in [9.17, 15) is 25.0 Å². The quantitative estimate of drug-likeness (QED) is 0.339. The van der Waals surface area contributed by atoms with Crippen LogP contribution in [-0.4, -0.2) is 78.8 Å².